The average Bonchev–Trinajstić information content (AvgIpc) is 2.39. The molecule has 1 rings (SSSR count). The van der Waals surface area contributed by atoms with E-state index in [4.69, 9.17) is 5.73 Å². The van der Waals surface area contributed by atoms with Crippen LogP contribution in [0.15, 0.2) is 47.6 Å². The lowest BCUT2D eigenvalue weighted by Gasteiger charge is -2.00. The van der Waals surface area contributed by atoms with Gasteiger partial charge in [0.1, 0.15) is 0 Å². The highest BCUT2D eigenvalue weighted by atomic mass is 16.2. The van der Waals surface area contributed by atoms with Gasteiger partial charge in [-0.3, -0.25) is 0 Å². The summed E-state index contributed by atoms with van der Waals surface area (Å²) in [6, 6.07) is 9.61. The van der Waals surface area contributed by atoms with Crippen LogP contribution < -0.4 is 11.2 Å². The molecule has 0 atom stereocenters. The molecule has 0 heterocycles. The van der Waals surface area contributed by atoms with Gasteiger partial charge in [0.15, 0.2) is 0 Å². The van der Waals surface area contributed by atoms with Crippen LogP contribution in [0.25, 0.3) is 0 Å². The fraction of sp³-hybridized carbons (Fsp3) is 0.286. The van der Waals surface area contributed by atoms with Crippen molar-refractivity contribution >= 4 is 11.7 Å². The SMILES string of the molecule is CC/C(C/C=C/Cc1ccccc1)=N\NC(N)=O. The van der Waals surface area contributed by atoms with Gasteiger partial charge in [0, 0.05) is 12.1 Å². The predicted octanol–water partition coefficient (Wildman–Crippen LogP) is 2.61. The first kappa shape index (κ1) is 14.0. The monoisotopic (exact) mass is 245 g/mol. The van der Waals surface area contributed by atoms with Crippen LogP contribution in [0, 0.1) is 0 Å². The third kappa shape index (κ3) is 5.84. The largest absolute Gasteiger partial charge is 0.350 e. The van der Waals surface area contributed by atoms with E-state index < -0.39 is 6.03 Å². The summed E-state index contributed by atoms with van der Waals surface area (Å²) in [7, 11) is 0. The highest BCUT2D eigenvalue weighted by molar-refractivity contribution is 5.86. The minimum atomic E-state index is -0.630. The molecule has 0 unspecified atom stereocenters. The summed E-state index contributed by atoms with van der Waals surface area (Å²) in [5.41, 5.74) is 9.38. The summed E-state index contributed by atoms with van der Waals surface area (Å²) in [5.74, 6) is 0. The topological polar surface area (TPSA) is 67.5 Å². The van der Waals surface area contributed by atoms with Gasteiger partial charge in [-0.15, -0.1) is 0 Å². The van der Waals surface area contributed by atoms with E-state index in [2.05, 4.69) is 34.8 Å². The fourth-order valence-corrected chi connectivity index (χ4v) is 1.46. The molecule has 2 amide bonds. The molecule has 1 aromatic carbocycles. The summed E-state index contributed by atoms with van der Waals surface area (Å²) >= 11 is 0. The van der Waals surface area contributed by atoms with Gasteiger partial charge in [-0.05, 0) is 18.4 Å². The van der Waals surface area contributed by atoms with E-state index in [0.717, 1.165) is 25.0 Å². The maximum atomic E-state index is 10.5. The molecular weight excluding hydrogens is 226 g/mol. The van der Waals surface area contributed by atoms with Crippen molar-refractivity contribution in [2.75, 3.05) is 0 Å². The Labute approximate surface area is 108 Å². The molecular formula is C14H19N3O. The molecule has 0 spiro atoms. The molecule has 96 valence electrons. The number of carbonyl (C=O) groups is 1. The van der Waals surface area contributed by atoms with Crippen molar-refractivity contribution in [1.82, 2.24) is 5.43 Å². The summed E-state index contributed by atoms with van der Waals surface area (Å²) in [4.78, 5) is 10.5. The highest BCUT2D eigenvalue weighted by Crippen LogP contribution is 2.01. The van der Waals surface area contributed by atoms with Crippen LogP contribution in [-0.4, -0.2) is 11.7 Å². The van der Waals surface area contributed by atoms with Gasteiger partial charge in [0.2, 0.25) is 0 Å². The summed E-state index contributed by atoms with van der Waals surface area (Å²) < 4.78 is 0. The third-order valence-corrected chi connectivity index (χ3v) is 2.45. The van der Waals surface area contributed by atoms with Crippen molar-refractivity contribution in [3.8, 4) is 0 Å². The Morgan fingerprint density at radius 1 is 1.33 bits per heavy atom. The first-order valence-corrected chi connectivity index (χ1v) is 6.02. The zero-order valence-corrected chi connectivity index (χ0v) is 10.6. The Bertz CT molecular complexity index is 424. The second-order valence-electron chi connectivity index (χ2n) is 3.87. The average molecular weight is 245 g/mol. The highest BCUT2D eigenvalue weighted by Gasteiger charge is 1.94. The van der Waals surface area contributed by atoms with Gasteiger partial charge < -0.3 is 5.73 Å². The first-order valence-electron chi connectivity index (χ1n) is 6.02. The van der Waals surface area contributed by atoms with Crippen LogP contribution >= 0.6 is 0 Å². The molecule has 1 aromatic rings. The molecule has 0 radical (unpaired) electrons. The summed E-state index contributed by atoms with van der Waals surface area (Å²) in [5, 5.41) is 3.93. The Kier molecular flexibility index (Phi) is 6.25. The number of nitrogens with one attached hydrogen (secondary N) is 1. The number of nitrogens with zero attached hydrogens (tertiary/aromatic N) is 1. The summed E-state index contributed by atoms with van der Waals surface area (Å²) in [6.07, 6.45) is 6.57. The molecule has 0 aliphatic heterocycles. The lowest BCUT2D eigenvalue weighted by Crippen LogP contribution is -2.25. The number of hydrogen-bond donors (Lipinski definition) is 2. The van der Waals surface area contributed by atoms with Crippen LogP contribution in [0.1, 0.15) is 25.3 Å². The van der Waals surface area contributed by atoms with Gasteiger partial charge in [-0.1, -0.05) is 49.4 Å². The molecule has 0 bridgehead atoms. The lowest BCUT2D eigenvalue weighted by atomic mass is 10.1. The maximum absolute atomic E-state index is 10.5. The number of benzene rings is 1. The molecule has 0 saturated heterocycles. The van der Waals surface area contributed by atoms with Crippen LogP contribution in [0.4, 0.5) is 4.79 Å². The number of hydrazone groups is 1. The zero-order valence-electron chi connectivity index (χ0n) is 10.6. The number of primary amides is 1. The van der Waals surface area contributed by atoms with Crippen molar-refractivity contribution in [3.05, 3.63) is 48.0 Å². The lowest BCUT2D eigenvalue weighted by molar-refractivity contribution is 0.249. The van der Waals surface area contributed by atoms with Gasteiger partial charge in [0.05, 0.1) is 0 Å². The van der Waals surface area contributed by atoms with Gasteiger partial charge >= 0.3 is 6.03 Å². The van der Waals surface area contributed by atoms with Gasteiger partial charge in [-0.25, -0.2) is 10.2 Å². The Morgan fingerprint density at radius 2 is 2.06 bits per heavy atom. The number of urea groups is 1. The van der Waals surface area contributed by atoms with Crippen molar-refractivity contribution in [3.63, 3.8) is 0 Å². The molecule has 0 aliphatic carbocycles. The fourth-order valence-electron chi connectivity index (χ4n) is 1.46. The number of hydrogen-bond acceptors (Lipinski definition) is 2. The first-order chi connectivity index (χ1) is 8.72. The molecule has 18 heavy (non-hydrogen) atoms. The van der Waals surface area contributed by atoms with E-state index >= 15 is 0 Å². The van der Waals surface area contributed by atoms with Crippen molar-refractivity contribution < 1.29 is 4.79 Å². The standard InChI is InChI=1S/C14H19N3O/c1-2-13(16-17-14(15)18)11-7-6-10-12-8-4-3-5-9-12/h3-9H,2,10-11H2,1H3,(H3,15,17,18)/b7-6+,16-13+. The molecule has 3 N–H and O–H groups in total. The Morgan fingerprint density at radius 3 is 2.67 bits per heavy atom. The third-order valence-electron chi connectivity index (χ3n) is 2.45. The van der Waals surface area contributed by atoms with Crippen LogP contribution in [0.3, 0.4) is 0 Å². The van der Waals surface area contributed by atoms with Gasteiger partial charge in [0.25, 0.3) is 0 Å². The zero-order chi connectivity index (χ0) is 13.2. The van der Waals surface area contributed by atoms with E-state index in [1.165, 1.54) is 5.56 Å². The summed E-state index contributed by atoms with van der Waals surface area (Å²) in [6.45, 7) is 1.99. The molecule has 4 heteroatoms. The minimum Gasteiger partial charge on any atom is -0.350 e. The smallest absolute Gasteiger partial charge is 0.332 e. The van der Waals surface area contributed by atoms with Crippen LogP contribution in [-0.2, 0) is 6.42 Å². The van der Waals surface area contributed by atoms with Crippen molar-refractivity contribution in [1.29, 1.82) is 0 Å². The molecule has 0 aliphatic rings. The van der Waals surface area contributed by atoms with E-state index in [0.29, 0.717) is 0 Å². The van der Waals surface area contributed by atoms with Gasteiger partial charge in [-0.2, -0.15) is 5.10 Å². The van der Waals surface area contributed by atoms with Crippen LogP contribution in [0.2, 0.25) is 0 Å². The molecule has 0 fully saturated rings. The Balaban J connectivity index is 2.38. The predicted molar refractivity (Wildman–Crippen MR) is 74.3 cm³/mol. The van der Waals surface area contributed by atoms with E-state index in [9.17, 15) is 4.79 Å². The Hall–Kier alpha value is -2.10. The number of carbonyl (C=O) groups excluding carboxylic acids is 1. The quantitative estimate of drug-likeness (QED) is 0.451. The normalized spacial score (nSPS) is 11.7. The second-order valence-corrected chi connectivity index (χ2v) is 3.87. The second kappa shape index (κ2) is 8.06. The van der Waals surface area contributed by atoms with Crippen LogP contribution in [0.5, 0.6) is 0 Å². The number of nitrogens with two attached hydrogens (primary N) is 1. The van der Waals surface area contributed by atoms with E-state index in [-0.39, 0.29) is 0 Å². The van der Waals surface area contributed by atoms with E-state index in [1.54, 1.807) is 0 Å². The van der Waals surface area contributed by atoms with Crippen molar-refractivity contribution in [2.45, 2.75) is 26.2 Å². The maximum Gasteiger partial charge on any atom is 0.332 e. The number of amides is 2. The minimum absolute atomic E-state index is 0.630. The molecule has 0 aromatic heterocycles. The molecule has 4 nitrogen and oxygen atoms in total. The van der Waals surface area contributed by atoms with Crippen molar-refractivity contribution in [2.24, 2.45) is 10.8 Å². The number of rotatable bonds is 6. The van der Waals surface area contributed by atoms with E-state index in [1.807, 2.05) is 25.1 Å². The number of allylic oxidation sites excluding steroid dienone is 2. The molecule has 0 saturated carbocycles.